The molecule has 0 radical (unpaired) electrons. The maximum atomic E-state index is 5.47. The molecule has 1 fully saturated rings. The topological polar surface area (TPSA) is 21.3 Å². The van der Waals surface area contributed by atoms with Gasteiger partial charge in [0, 0.05) is 6.61 Å². The summed E-state index contributed by atoms with van der Waals surface area (Å²) >= 11 is 0. The Morgan fingerprint density at radius 3 is 3.10 bits per heavy atom. The van der Waals surface area contributed by atoms with Gasteiger partial charge >= 0.3 is 0 Å². The van der Waals surface area contributed by atoms with Crippen LogP contribution in [-0.2, 0) is 4.74 Å². The Morgan fingerprint density at radius 1 is 1.60 bits per heavy atom. The molecule has 1 saturated heterocycles. The van der Waals surface area contributed by atoms with Crippen molar-refractivity contribution in [1.29, 1.82) is 0 Å². The van der Waals surface area contributed by atoms with Crippen LogP contribution >= 0.6 is 0 Å². The van der Waals surface area contributed by atoms with Crippen molar-refractivity contribution in [3.05, 3.63) is 0 Å². The average Bonchev–Trinajstić information content (AvgIpc) is 2.41. The van der Waals surface area contributed by atoms with Crippen molar-refractivity contribution in [1.82, 2.24) is 5.32 Å². The van der Waals surface area contributed by atoms with Crippen molar-refractivity contribution in [3.8, 4) is 0 Å². The van der Waals surface area contributed by atoms with E-state index in [2.05, 4.69) is 5.32 Å². The normalized spacial score (nSPS) is 25.5. The van der Waals surface area contributed by atoms with Crippen molar-refractivity contribution in [2.75, 3.05) is 20.2 Å². The summed E-state index contributed by atoms with van der Waals surface area (Å²) in [5, 5.41) is 3.14. The fourth-order valence-corrected chi connectivity index (χ4v) is 1.38. The van der Waals surface area contributed by atoms with Crippen LogP contribution in [0.4, 0.5) is 0 Å². The minimum absolute atomic E-state index is 0.577. The lowest BCUT2D eigenvalue weighted by Gasteiger charge is -2.07. The van der Waals surface area contributed by atoms with Crippen LogP contribution in [0.2, 0.25) is 0 Å². The van der Waals surface area contributed by atoms with Gasteiger partial charge in [0.25, 0.3) is 0 Å². The second-order valence-electron chi connectivity index (χ2n) is 2.88. The van der Waals surface area contributed by atoms with E-state index in [4.69, 9.17) is 4.74 Å². The predicted octanol–water partition coefficient (Wildman–Crippen LogP) is 1.16. The Kier molecular flexibility index (Phi) is 3.76. The molecule has 0 amide bonds. The third-order valence-corrected chi connectivity index (χ3v) is 1.98. The largest absolute Gasteiger partial charge is 0.378 e. The molecule has 1 unspecified atom stereocenters. The Bertz CT molecular complexity index is 79.3. The van der Waals surface area contributed by atoms with Gasteiger partial charge in [-0.15, -0.1) is 0 Å². The summed E-state index contributed by atoms with van der Waals surface area (Å²) in [5.41, 5.74) is 0. The fraction of sp³-hybridized carbons (Fsp3) is 1.00. The summed E-state index contributed by atoms with van der Waals surface area (Å²) in [6.07, 6.45) is 5.61. The Morgan fingerprint density at radius 2 is 2.50 bits per heavy atom. The van der Waals surface area contributed by atoms with E-state index in [1.807, 2.05) is 7.05 Å². The van der Waals surface area contributed by atoms with E-state index in [1.54, 1.807) is 0 Å². The van der Waals surface area contributed by atoms with Crippen molar-refractivity contribution >= 4 is 0 Å². The molecule has 1 aliphatic rings. The summed E-state index contributed by atoms with van der Waals surface area (Å²) in [5.74, 6) is 0. The highest BCUT2D eigenvalue weighted by molar-refractivity contribution is 4.64. The van der Waals surface area contributed by atoms with E-state index in [1.165, 1.54) is 25.7 Å². The molecule has 2 heteroatoms. The highest BCUT2D eigenvalue weighted by Crippen LogP contribution is 2.15. The summed E-state index contributed by atoms with van der Waals surface area (Å²) < 4.78 is 5.47. The van der Waals surface area contributed by atoms with Crippen molar-refractivity contribution < 1.29 is 4.74 Å². The minimum Gasteiger partial charge on any atom is -0.378 e. The minimum atomic E-state index is 0.577. The average molecular weight is 143 g/mol. The van der Waals surface area contributed by atoms with Gasteiger partial charge in [-0.05, 0) is 39.3 Å². The zero-order valence-corrected chi connectivity index (χ0v) is 6.73. The lowest BCUT2D eigenvalue weighted by molar-refractivity contribution is 0.102. The van der Waals surface area contributed by atoms with E-state index in [9.17, 15) is 0 Å². The van der Waals surface area contributed by atoms with Crippen LogP contribution in [0.25, 0.3) is 0 Å². The number of hydrogen-bond acceptors (Lipinski definition) is 2. The second kappa shape index (κ2) is 4.69. The molecule has 0 bridgehead atoms. The van der Waals surface area contributed by atoms with Crippen LogP contribution in [-0.4, -0.2) is 26.3 Å². The zero-order chi connectivity index (χ0) is 7.23. The number of hydrogen-bond donors (Lipinski definition) is 1. The van der Waals surface area contributed by atoms with Gasteiger partial charge in [0.05, 0.1) is 6.10 Å². The molecule has 1 N–H and O–H groups in total. The van der Waals surface area contributed by atoms with E-state index in [0.717, 1.165) is 13.2 Å². The van der Waals surface area contributed by atoms with Gasteiger partial charge in [0.15, 0.2) is 0 Å². The number of nitrogens with one attached hydrogen (secondary N) is 1. The van der Waals surface area contributed by atoms with Gasteiger partial charge in [-0.3, -0.25) is 0 Å². The lowest BCUT2D eigenvalue weighted by Crippen LogP contribution is -2.12. The van der Waals surface area contributed by atoms with Gasteiger partial charge in [-0.2, -0.15) is 0 Å². The third-order valence-electron chi connectivity index (χ3n) is 1.98. The molecule has 0 aromatic heterocycles. The molecule has 0 aromatic rings. The first-order chi connectivity index (χ1) is 4.93. The van der Waals surface area contributed by atoms with Gasteiger partial charge < -0.3 is 10.1 Å². The van der Waals surface area contributed by atoms with Crippen molar-refractivity contribution in [2.24, 2.45) is 0 Å². The second-order valence-corrected chi connectivity index (χ2v) is 2.88. The van der Waals surface area contributed by atoms with Crippen LogP contribution in [0.3, 0.4) is 0 Å². The highest BCUT2D eigenvalue weighted by Gasteiger charge is 2.13. The Hall–Kier alpha value is -0.0800. The first-order valence-corrected chi connectivity index (χ1v) is 4.19. The summed E-state index contributed by atoms with van der Waals surface area (Å²) in [7, 11) is 2.00. The van der Waals surface area contributed by atoms with Gasteiger partial charge in [0.1, 0.15) is 0 Å². The van der Waals surface area contributed by atoms with E-state index < -0.39 is 0 Å². The molecule has 1 aliphatic heterocycles. The summed E-state index contributed by atoms with van der Waals surface area (Å²) in [6.45, 7) is 2.12. The van der Waals surface area contributed by atoms with E-state index >= 15 is 0 Å². The molecule has 60 valence electrons. The van der Waals surface area contributed by atoms with Crippen molar-refractivity contribution in [2.45, 2.75) is 31.8 Å². The van der Waals surface area contributed by atoms with Crippen LogP contribution in [0.15, 0.2) is 0 Å². The van der Waals surface area contributed by atoms with Crippen LogP contribution in [0, 0.1) is 0 Å². The standard InChI is InChI=1S/C8H17NO/c1-9-6-2-4-8-5-3-7-10-8/h8-9H,2-7H2,1H3. The van der Waals surface area contributed by atoms with Crippen LogP contribution < -0.4 is 5.32 Å². The number of rotatable bonds is 4. The van der Waals surface area contributed by atoms with E-state index in [-0.39, 0.29) is 0 Å². The third kappa shape index (κ3) is 2.67. The smallest absolute Gasteiger partial charge is 0.0576 e. The maximum absolute atomic E-state index is 5.47. The molecule has 0 aliphatic carbocycles. The molecule has 1 rings (SSSR count). The fourth-order valence-electron chi connectivity index (χ4n) is 1.38. The molecule has 2 nitrogen and oxygen atoms in total. The lowest BCUT2D eigenvalue weighted by atomic mass is 10.1. The Labute approximate surface area is 63.0 Å². The SMILES string of the molecule is CNCCCC1CCCO1. The monoisotopic (exact) mass is 143 g/mol. The summed E-state index contributed by atoms with van der Waals surface area (Å²) in [6, 6.07) is 0. The first-order valence-electron chi connectivity index (χ1n) is 4.19. The highest BCUT2D eigenvalue weighted by atomic mass is 16.5. The molecular formula is C8H17NO. The van der Waals surface area contributed by atoms with E-state index in [0.29, 0.717) is 6.10 Å². The van der Waals surface area contributed by atoms with Crippen LogP contribution in [0.5, 0.6) is 0 Å². The molecule has 0 saturated carbocycles. The maximum Gasteiger partial charge on any atom is 0.0576 e. The quantitative estimate of drug-likeness (QED) is 0.596. The molecule has 1 atom stereocenters. The van der Waals surface area contributed by atoms with Gasteiger partial charge in [0.2, 0.25) is 0 Å². The van der Waals surface area contributed by atoms with Gasteiger partial charge in [-0.25, -0.2) is 0 Å². The van der Waals surface area contributed by atoms with Crippen molar-refractivity contribution in [3.63, 3.8) is 0 Å². The first kappa shape index (κ1) is 8.02. The number of ether oxygens (including phenoxy) is 1. The molecule has 0 aromatic carbocycles. The predicted molar refractivity (Wildman–Crippen MR) is 42.1 cm³/mol. The zero-order valence-electron chi connectivity index (χ0n) is 6.73. The van der Waals surface area contributed by atoms with Crippen LogP contribution in [0.1, 0.15) is 25.7 Å². The molecule has 10 heavy (non-hydrogen) atoms. The molecule has 1 heterocycles. The van der Waals surface area contributed by atoms with Gasteiger partial charge in [-0.1, -0.05) is 0 Å². The Balaban J connectivity index is 1.91. The molecule has 0 spiro atoms. The molecular weight excluding hydrogens is 126 g/mol. The summed E-state index contributed by atoms with van der Waals surface area (Å²) in [4.78, 5) is 0.